The minimum atomic E-state index is -0.0315. The van der Waals surface area contributed by atoms with Crippen molar-refractivity contribution in [1.29, 1.82) is 0 Å². The van der Waals surface area contributed by atoms with Gasteiger partial charge in [0.25, 0.3) is 0 Å². The molecule has 0 fully saturated rings. The first-order valence-electron chi connectivity index (χ1n) is 8.51. The van der Waals surface area contributed by atoms with Crippen LogP contribution in [0.15, 0.2) is 47.2 Å². The van der Waals surface area contributed by atoms with E-state index in [4.69, 9.17) is 11.6 Å². The minimum Gasteiger partial charge on any atom is -0.324 e. The van der Waals surface area contributed by atoms with E-state index in [9.17, 15) is 4.79 Å². The van der Waals surface area contributed by atoms with Crippen molar-refractivity contribution < 1.29 is 4.79 Å². The van der Waals surface area contributed by atoms with Gasteiger partial charge >= 0.3 is 0 Å². The Kier molecular flexibility index (Phi) is 5.14. The number of rotatable bonds is 4. The molecule has 26 heavy (non-hydrogen) atoms. The minimum absolute atomic E-state index is 0.0315. The first-order valence-corrected chi connectivity index (χ1v) is 10.7. The van der Waals surface area contributed by atoms with Crippen molar-refractivity contribution in [3.05, 3.63) is 73.1 Å². The summed E-state index contributed by atoms with van der Waals surface area (Å²) in [5.74, 6) is -0.0315. The molecule has 3 nitrogen and oxygen atoms in total. The summed E-state index contributed by atoms with van der Waals surface area (Å²) in [6.45, 7) is 3.21. The highest BCUT2D eigenvalue weighted by Crippen LogP contribution is 2.39. The van der Waals surface area contributed by atoms with Crippen LogP contribution in [-0.4, -0.2) is 23.9 Å². The third-order valence-electron chi connectivity index (χ3n) is 4.62. The number of benzene rings is 1. The summed E-state index contributed by atoms with van der Waals surface area (Å²) in [5, 5.41) is 7.79. The van der Waals surface area contributed by atoms with Gasteiger partial charge in [-0.25, -0.2) is 0 Å². The predicted octanol–water partition coefficient (Wildman–Crippen LogP) is 5.36. The largest absolute Gasteiger partial charge is 0.324 e. The fourth-order valence-corrected chi connectivity index (χ4v) is 5.48. The van der Waals surface area contributed by atoms with Crippen molar-refractivity contribution in [1.82, 2.24) is 4.90 Å². The molecule has 2 aromatic heterocycles. The number of nitrogens with zero attached hydrogens (tertiary/aromatic N) is 1. The molecule has 0 saturated heterocycles. The van der Waals surface area contributed by atoms with Gasteiger partial charge in [-0.3, -0.25) is 9.69 Å². The predicted molar refractivity (Wildman–Crippen MR) is 111 cm³/mol. The van der Waals surface area contributed by atoms with Crippen molar-refractivity contribution >= 4 is 45.9 Å². The van der Waals surface area contributed by atoms with Gasteiger partial charge in [0.05, 0.1) is 23.3 Å². The number of amides is 1. The fourth-order valence-electron chi connectivity index (χ4n) is 3.41. The third kappa shape index (κ3) is 3.58. The molecular formula is C20H19ClN2OS2. The zero-order valence-corrected chi connectivity index (χ0v) is 16.8. The van der Waals surface area contributed by atoms with E-state index in [1.165, 1.54) is 15.3 Å². The summed E-state index contributed by atoms with van der Waals surface area (Å²) in [7, 11) is 0. The summed E-state index contributed by atoms with van der Waals surface area (Å²) in [4.78, 5) is 17.7. The Hall–Kier alpha value is -1.66. The molecule has 1 aliphatic rings. The van der Waals surface area contributed by atoms with Crippen LogP contribution in [0.3, 0.4) is 0 Å². The number of halogens is 1. The Balaban J connectivity index is 1.54. The maximum Gasteiger partial charge on any atom is 0.238 e. The Morgan fingerprint density at radius 2 is 2.15 bits per heavy atom. The van der Waals surface area contributed by atoms with Gasteiger partial charge in [0, 0.05) is 16.3 Å². The highest BCUT2D eigenvalue weighted by molar-refractivity contribution is 7.10. The number of carbonyl (C=O) groups is 1. The highest BCUT2D eigenvalue weighted by atomic mass is 35.5. The van der Waals surface area contributed by atoms with Gasteiger partial charge in [0.2, 0.25) is 5.91 Å². The molecule has 0 aliphatic carbocycles. The van der Waals surface area contributed by atoms with Crippen LogP contribution in [0.25, 0.3) is 0 Å². The highest BCUT2D eigenvalue weighted by Gasteiger charge is 2.31. The lowest BCUT2D eigenvalue weighted by atomic mass is 9.98. The average molecular weight is 403 g/mol. The van der Waals surface area contributed by atoms with Crippen molar-refractivity contribution in [2.45, 2.75) is 19.4 Å². The van der Waals surface area contributed by atoms with E-state index >= 15 is 0 Å². The molecule has 1 aliphatic heterocycles. The maximum atomic E-state index is 12.7. The van der Waals surface area contributed by atoms with E-state index in [1.807, 2.05) is 36.5 Å². The number of nitrogens with one attached hydrogen (secondary N) is 1. The van der Waals surface area contributed by atoms with Crippen molar-refractivity contribution in [3.63, 3.8) is 0 Å². The first-order chi connectivity index (χ1) is 12.6. The maximum absolute atomic E-state index is 12.7. The molecule has 1 atom stereocenters. The molecule has 0 saturated carbocycles. The number of aryl methyl sites for hydroxylation is 1. The molecule has 0 unspecified atom stereocenters. The summed E-state index contributed by atoms with van der Waals surface area (Å²) < 4.78 is 0. The molecule has 3 heterocycles. The SMILES string of the molecule is Cc1ccc(NC(=O)CN2CCc3sccc3[C@H]2c2cccs2)c(Cl)c1. The molecule has 0 bridgehead atoms. The first kappa shape index (κ1) is 17.7. The van der Waals surface area contributed by atoms with Crippen LogP contribution in [0.2, 0.25) is 5.02 Å². The normalized spacial score (nSPS) is 17.1. The van der Waals surface area contributed by atoms with Crippen molar-refractivity contribution in [2.24, 2.45) is 0 Å². The zero-order chi connectivity index (χ0) is 18.1. The van der Waals surface area contributed by atoms with Crippen LogP contribution < -0.4 is 5.32 Å². The number of fused-ring (bicyclic) bond motifs is 1. The summed E-state index contributed by atoms with van der Waals surface area (Å²) in [6, 6.07) is 12.3. The zero-order valence-electron chi connectivity index (χ0n) is 14.4. The molecule has 0 spiro atoms. The second-order valence-electron chi connectivity index (χ2n) is 6.47. The summed E-state index contributed by atoms with van der Waals surface area (Å²) in [5.41, 5.74) is 3.08. The van der Waals surface area contributed by atoms with Gasteiger partial charge in [-0.15, -0.1) is 22.7 Å². The van der Waals surface area contributed by atoms with Gasteiger partial charge in [-0.1, -0.05) is 23.7 Å². The van der Waals surface area contributed by atoms with Crippen LogP contribution in [0.1, 0.15) is 26.9 Å². The Bertz CT molecular complexity index is 920. The number of carbonyl (C=O) groups excluding carboxylic acids is 1. The van der Waals surface area contributed by atoms with Gasteiger partial charge < -0.3 is 5.32 Å². The average Bonchev–Trinajstić information content (AvgIpc) is 3.28. The summed E-state index contributed by atoms with van der Waals surface area (Å²) in [6.07, 6.45) is 0.993. The smallest absolute Gasteiger partial charge is 0.238 e. The van der Waals surface area contributed by atoms with Gasteiger partial charge in [-0.2, -0.15) is 0 Å². The molecular weight excluding hydrogens is 384 g/mol. The molecule has 1 N–H and O–H groups in total. The van der Waals surface area contributed by atoms with E-state index in [1.54, 1.807) is 11.3 Å². The molecule has 4 rings (SSSR count). The second-order valence-corrected chi connectivity index (χ2v) is 8.86. The molecule has 1 amide bonds. The van der Waals surface area contributed by atoms with Crippen molar-refractivity contribution in [2.75, 3.05) is 18.4 Å². The lowest BCUT2D eigenvalue weighted by molar-refractivity contribution is -0.117. The van der Waals surface area contributed by atoms with E-state index in [2.05, 4.69) is 39.2 Å². The van der Waals surface area contributed by atoms with E-state index < -0.39 is 0 Å². The van der Waals surface area contributed by atoms with Gasteiger partial charge in [-0.05, 0) is 59.5 Å². The van der Waals surface area contributed by atoms with Crippen LogP contribution >= 0.6 is 34.3 Å². The quantitative estimate of drug-likeness (QED) is 0.637. The standard InChI is InChI=1S/C20H19ClN2OS2/c1-13-4-5-16(15(21)11-13)22-19(24)12-23-8-6-17-14(7-10-26-17)20(23)18-3-2-9-25-18/h2-5,7,9-11,20H,6,8,12H2,1H3,(H,22,24)/t20-/m0/s1. The molecule has 3 aromatic rings. The number of anilines is 1. The second kappa shape index (κ2) is 7.53. The topological polar surface area (TPSA) is 32.3 Å². The molecule has 1 aromatic carbocycles. The van der Waals surface area contributed by atoms with E-state index in [-0.39, 0.29) is 11.9 Å². The lowest BCUT2D eigenvalue weighted by Crippen LogP contribution is -2.40. The summed E-state index contributed by atoms with van der Waals surface area (Å²) >= 11 is 9.81. The van der Waals surface area contributed by atoms with E-state index in [0.29, 0.717) is 17.3 Å². The van der Waals surface area contributed by atoms with Gasteiger partial charge in [0.1, 0.15) is 0 Å². The van der Waals surface area contributed by atoms with Crippen LogP contribution in [0.4, 0.5) is 5.69 Å². The third-order valence-corrected chi connectivity index (χ3v) is 6.86. The lowest BCUT2D eigenvalue weighted by Gasteiger charge is -2.34. The van der Waals surface area contributed by atoms with Crippen LogP contribution in [0.5, 0.6) is 0 Å². The molecule has 134 valence electrons. The Morgan fingerprint density at radius 3 is 2.92 bits per heavy atom. The van der Waals surface area contributed by atoms with Gasteiger partial charge in [0.15, 0.2) is 0 Å². The monoisotopic (exact) mass is 402 g/mol. The molecule has 0 radical (unpaired) electrons. The molecule has 6 heteroatoms. The number of thiophene rings is 2. The van der Waals surface area contributed by atoms with Crippen LogP contribution in [0, 0.1) is 6.92 Å². The van der Waals surface area contributed by atoms with E-state index in [0.717, 1.165) is 18.5 Å². The number of hydrogen-bond donors (Lipinski definition) is 1. The van der Waals surface area contributed by atoms with Crippen molar-refractivity contribution in [3.8, 4) is 0 Å². The Labute approximate surface area is 166 Å². The van der Waals surface area contributed by atoms with Crippen LogP contribution in [-0.2, 0) is 11.2 Å². The Morgan fingerprint density at radius 1 is 1.27 bits per heavy atom. The number of hydrogen-bond acceptors (Lipinski definition) is 4. The fraction of sp³-hybridized carbons (Fsp3) is 0.250.